The van der Waals surface area contributed by atoms with E-state index in [1.807, 2.05) is 0 Å². The van der Waals surface area contributed by atoms with Gasteiger partial charge in [-0.1, -0.05) is 36.4 Å². The Balaban J connectivity index is 1.63. The highest BCUT2D eigenvalue weighted by atomic mass is 16.7. The molecule has 8 heteroatoms. The quantitative estimate of drug-likeness (QED) is 0.398. The van der Waals surface area contributed by atoms with Crippen molar-refractivity contribution in [3.05, 3.63) is 71.8 Å². The van der Waals surface area contributed by atoms with Gasteiger partial charge in [-0.2, -0.15) is 5.48 Å². The minimum Gasteiger partial charge on any atom is -0.480 e. The molecule has 0 radical (unpaired) electrons. The number of aliphatic carboxylic acids is 1. The molecule has 0 aliphatic heterocycles. The largest absolute Gasteiger partial charge is 0.480 e. The Bertz CT molecular complexity index is 767. The van der Waals surface area contributed by atoms with Crippen molar-refractivity contribution in [2.75, 3.05) is 6.54 Å². The van der Waals surface area contributed by atoms with Gasteiger partial charge in [-0.05, 0) is 43.5 Å². The summed E-state index contributed by atoms with van der Waals surface area (Å²) in [5.74, 6) is -2.26. The van der Waals surface area contributed by atoms with Crippen LogP contribution in [0.1, 0.15) is 40.0 Å². The maximum atomic E-state index is 11.8. The average Bonchev–Trinajstić information content (AvgIpc) is 2.73. The molecule has 1 atom stereocenters. The number of nitrogens with one attached hydrogen (secondary N) is 2. The molecule has 0 aromatic heterocycles. The molecule has 8 nitrogen and oxygen atoms in total. The molecule has 28 heavy (non-hydrogen) atoms. The van der Waals surface area contributed by atoms with Crippen molar-refractivity contribution >= 4 is 17.9 Å². The molecule has 0 spiro atoms. The molecule has 0 aliphatic carbocycles. The second-order valence-corrected chi connectivity index (χ2v) is 5.91. The molecule has 2 aromatic rings. The summed E-state index contributed by atoms with van der Waals surface area (Å²) in [5.41, 5.74) is 5.61. The van der Waals surface area contributed by atoms with Crippen LogP contribution in [-0.4, -0.2) is 35.6 Å². The van der Waals surface area contributed by atoms with Crippen molar-refractivity contribution in [2.24, 2.45) is 0 Å². The van der Waals surface area contributed by atoms with Crippen LogP contribution < -0.4 is 11.0 Å². The predicted molar refractivity (Wildman–Crippen MR) is 100 cm³/mol. The number of carboxylic acids is 1. The number of carbonyl (C=O) groups is 3. The van der Waals surface area contributed by atoms with Gasteiger partial charge in [-0.3, -0.25) is 4.79 Å². The molecule has 0 bridgehead atoms. The minimum absolute atomic E-state index is 0.242. The third-order valence-electron chi connectivity index (χ3n) is 3.80. The molecule has 2 rings (SSSR count). The van der Waals surface area contributed by atoms with Gasteiger partial charge in [-0.15, -0.1) is 5.48 Å². The summed E-state index contributed by atoms with van der Waals surface area (Å²) in [5, 5.41) is 9.22. The molecule has 0 saturated carbocycles. The topological polar surface area (TPSA) is 114 Å². The van der Waals surface area contributed by atoms with Crippen molar-refractivity contribution in [1.82, 2.24) is 11.0 Å². The zero-order chi connectivity index (χ0) is 20.2. The van der Waals surface area contributed by atoms with Crippen molar-refractivity contribution in [1.29, 1.82) is 0 Å². The van der Waals surface area contributed by atoms with Gasteiger partial charge in [0.1, 0.15) is 6.04 Å². The number of hydroxylamine groups is 2. The van der Waals surface area contributed by atoms with E-state index in [-0.39, 0.29) is 6.42 Å². The lowest BCUT2D eigenvalue weighted by molar-refractivity contribution is -0.142. The number of unbranched alkanes of at least 4 members (excludes halogenated alkanes) is 1. The van der Waals surface area contributed by atoms with Crippen LogP contribution in [-0.2, 0) is 14.5 Å². The summed E-state index contributed by atoms with van der Waals surface area (Å²) in [6.45, 7) is 0.370. The first-order valence-corrected chi connectivity index (χ1v) is 8.81. The molecule has 3 N–H and O–H groups in total. The number of hydrogen-bond acceptors (Lipinski definition) is 7. The monoisotopic (exact) mass is 386 g/mol. The third-order valence-corrected chi connectivity index (χ3v) is 3.80. The normalized spacial score (nSPS) is 11.4. The highest BCUT2D eigenvalue weighted by molar-refractivity contribution is 5.89. The molecular weight excluding hydrogens is 364 g/mol. The van der Waals surface area contributed by atoms with Crippen molar-refractivity contribution in [3.8, 4) is 0 Å². The number of benzene rings is 2. The van der Waals surface area contributed by atoms with Crippen LogP contribution in [0, 0.1) is 0 Å². The molecule has 2 aromatic carbocycles. The zero-order valence-electron chi connectivity index (χ0n) is 15.2. The van der Waals surface area contributed by atoms with E-state index in [1.165, 1.54) is 0 Å². The van der Waals surface area contributed by atoms with Crippen LogP contribution in [0.2, 0.25) is 0 Å². The second-order valence-electron chi connectivity index (χ2n) is 5.91. The number of carboxylic acid groups (broad SMARTS) is 1. The number of carbonyl (C=O) groups excluding carboxylic acids is 2. The van der Waals surface area contributed by atoms with Crippen LogP contribution in [0.3, 0.4) is 0 Å². The van der Waals surface area contributed by atoms with Crippen molar-refractivity contribution < 1.29 is 29.2 Å². The Morgan fingerprint density at radius 2 is 1.36 bits per heavy atom. The lowest BCUT2D eigenvalue weighted by atomic mass is 10.1. The van der Waals surface area contributed by atoms with E-state index in [1.54, 1.807) is 60.7 Å². The van der Waals surface area contributed by atoms with E-state index in [0.29, 0.717) is 30.5 Å². The molecule has 0 saturated heterocycles. The van der Waals surface area contributed by atoms with Gasteiger partial charge in [0.15, 0.2) is 0 Å². The first-order valence-electron chi connectivity index (χ1n) is 8.81. The van der Waals surface area contributed by atoms with Crippen molar-refractivity contribution in [3.63, 3.8) is 0 Å². The van der Waals surface area contributed by atoms with Gasteiger partial charge in [0, 0.05) is 6.54 Å². The smallest absolute Gasteiger partial charge is 0.356 e. The van der Waals surface area contributed by atoms with Gasteiger partial charge < -0.3 is 14.8 Å². The standard InChI is InChI=1S/C20H22N2O6/c23-18(24)17(22-28-20(26)16-11-5-2-6-12-16)13-7-8-14-21-27-19(25)15-9-3-1-4-10-15/h1-6,9-12,17,21-22H,7-8,13-14H2,(H,23,24)/t17-/m0/s1. The molecule has 0 unspecified atom stereocenters. The van der Waals surface area contributed by atoms with E-state index >= 15 is 0 Å². The first kappa shape index (κ1) is 21.1. The van der Waals surface area contributed by atoms with Crippen LogP contribution in [0.5, 0.6) is 0 Å². The number of rotatable bonds is 11. The minimum atomic E-state index is -1.12. The van der Waals surface area contributed by atoms with Gasteiger partial charge in [0.2, 0.25) is 0 Å². The molecule has 0 heterocycles. The molecule has 0 amide bonds. The fraction of sp³-hybridized carbons (Fsp3) is 0.250. The van der Waals surface area contributed by atoms with Crippen LogP contribution >= 0.6 is 0 Å². The SMILES string of the molecule is O=C(ONCCCC[C@H](NOC(=O)c1ccccc1)C(=O)O)c1ccccc1. The molecular formula is C20H22N2O6. The Hall–Kier alpha value is -3.23. The Kier molecular flexibility index (Phi) is 8.64. The van der Waals surface area contributed by atoms with Gasteiger partial charge in [0.05, 0.1) is 11.1 Å². The van der Waals surface area contributed by atoms with E-state index in [4.69, 9.17) is 9.68 Å². The van der Waals surface area contributed by atoms with Crippen LogP contribution in [0.4, 0.5) is 0 Å². The fourth-order valence-electron chi connectivity index (χ4n) is 2.29. The molecule has 0 aliphatic rings. The molecule has 0 fully saturated rings. The summed E-state index contributed by atoms with van der Waals surface area (Å²) >= 11 is 0. The summed E-state index contributed by atoms with van der Waals surface area (Å²) in [4.78, 5) is 44.6. The highest BCUT2D eigenvalue weighted by Gasteiger charge is 2.19. The predicted octanol–water partition coefficient (Wildman–Crippen LogP) is 2.33. The Labute approximate surface area is 162 Å². The van der Waals surface area contributed by atoms with Crippen molar-refractivity contribution in [2.45, 2.75) is 25.3 Å². The zero-order valence-corrected chi connectivity index (χ0v) is 15.2. The van der Waals surface area contributed by atoms with E-state index < -0.39 is 23.9 Å². The van der Waals surface area contributed by atoms with Crippen LogP contribution in [0.25, 0.3) is 0 Å². The average molecular weight is 386 g/mol. The Morgan fingerprint density at radius 3 is 1.89 bits per heavy atom. The van der Waals surface area contributed by atoms with E-state index in [9.17, 15) is 19.5 Å². The lowest BCUT2D eigenvalue weighted by Gasteiger charge is -2.14. The fourth-order valence-corrected chi connectivity index (χ4v) is 2.29. The van der Waals surface area contributed by atoms with Gasteiger partial charge in [-0.25, -0.2) is 9.59 Å². The lowest BCUT2D eigenvalue weighted by Crippen LogP contribution is -2.38. The maximum absolute atomic E-state index is 11.8. The first-order chi connectivity index (χ1) is 13.6. The molecule has 148 valence electrons. The second kappa shape index (κ2) is 11.5. The van der Waals surface area contributed by atoms with E-state index in [2.05, 4.69) is 11.0 Å². The Morgan fingerprint density at radius 1 is 0.821 bits per heavy atom. The highest BCUT2D eigenvalue weighted by Crippen LogP contribution is 2.05. The van der Waals surface area contributed by atoms with Gasteiger partial charge >= 0.3 is 17.9 Å². The van der Waals surface area contributed by atoms with Gasteiger partial charge in [0.25, 0.3) is 0 Å². The summed E-state index contributed by atoms with van der Waals surface area (Å²) in [6, 6.07) is 15.8. The summed E-state index contributed by atoms with van der Waals surface area (Å²) in [7, 11) is 0. The maximum Gasteiger partial charge on any atom is 0.356 e. The van der Waals surface area contributed by atoms with E-state index in [0.717, 1.165) is 0 Å². The summed E-state index contributed by atoms with van der Waals surface area (Å²) in [6.07, 6.45) is 1.33. The van der Waals surface area contributed by atoms with Crippen LogP contribution in [0.15, 0.2) is 60.7 Å². The number of hydrogen-bond donors (Lipinski definition) is 3. The third kappa shape index (κ3) is 7.18. The summed E-state index contributed by atoms with van der Waals surface area (Å²) < 4.78 is 0.